The van der Waals surface area contributed by atoms with Gasteiger partial charge in [0, 0.05) is 49.9 Å². The summed E-state index contributed by atoms with van der Waals surface area (Å²) in [6.45, 7) is 0.965. The highest BCUT2D eigenvalue weighted by Crippen LogP contribution is 2.29. The molecular weight excluding hydrogens is 360 g/mol. The maximum absolute atomic E-state index is 12.4. The maximum Gasteiger partial charge on any atom is 0.281 e. The van der Waals surface area contributed by atoms with Gasteiger partial charge in [-0.05, 0) is 25.0 Å². The number of benzene rings is 1. The van der Waals surface area contributed by atoms with Crippen LogP contribution in [-0.4, -0.2) is 54.2 Å². The summed E-state index contributed by atoms with van der Waals surface area (Å²) in [6.07, 6.45) is 5.13. The van der Waals surface area contributed by atoms with Crippen molar-refractivity contribution in [3.63, 3.8) is 0 Å². The van der Waals surface area contributed by atoms with Crippen molar-refractivity contribution in [2.45, 2.75) is 18.8 Å². The van der Waals surface area contributed by atoms with Crippen LogP contribution in [0.4, 0.5) is 0 Å². The van der Waals surface area contributed by atoms with Crippen LogP contribution in [0.15, 0.2) is 36.7 Å². The lowest BCUT2D eigenvalue weighted by Crippen LogP contribution is -2.45. The number of hydrogen-bond donors (Lipinski definition) is 0. The van der Waals surface area contributed by atoms with Crippen molar-refractivity contribution in [1.82, 2.24) is 18.6 Å². The highest BCUT2D eigenvalue weighted by molar-refractivity contribution is 7.86. The number of piperidine rings is 1. The first-order valence-electron chi connectivity index (χ1n) is 8.13. The Kier molecular flexibility index (Phi) is 5.38. The lowest BCUT2D eigenvalue weighted by Gasteiger charge is -2.33. The van der Waals surface area contributed by atoms with Crippen LogP contribution in [0.2, 0.25) is 5.02 Å². The molecule has 1 saturated heterocycles. The van der Waals surface area contributed by atoms with Crippen molar-refractivity contribution < 1.29 is 8.42 Å². The van der Waals surface area contributed by atoms with E-state index in [1.165, 1.54) is 8.61 Å². The van der Waals surface area contributed by atoms with Gasteiger partial charge in [0.1, 0.15) is 0 Å². The lowest BCUT2D eigenvalue weighted by atomic mass is 9.96. The Balaban J connectivity index is 1.86. The molecule has 0 spiro atoms. The molecule has 0 radical (unpaired) electrons. The molecule has 3 rings (SSSR count). The molecule has 2 aromatic rings. The largest absolute Gasteiger partial charge is 0.281 e. The molecule has 1 aromatic heterocycles. The van der Waals surface area contributed by atoms with Crippen molar-refractivity contribution in [2.24, 2.45) is 0 Å². The van der Waals surface area contributed by atoms with E-state index < -0.39 is 10.2 Å². The summed E-state index contributed by atoms with van der Waals surface area (Å²) < 4.78 is 27.6. The molecule has 0 aliphatic carbocycles. The minimum absolute atomic E-state index is 0.0371. The van der Waals surface area contributed by atoms with Gasteiger partial charge >= 0.3 is 0 Å². The second kappa shape index (κ2) is 7.37. The van der Waals surface area contributed by atoms with E-state index in [1.54, 1.807) is 26.5 Å². The summed E-state index contributed by atoms with van der Waals surface area (Å²) in [5, 5.41) is 0.644. The van der Waals surface area contributed by atoms with Crippen LogP contribution in [0.5, 0.6) is 0 Å². The summed E-state index contributed by atoms with van der Waals surface area (Å²) >= 11 is 6.06. The van der Waals surface area contributed by atoms with Crippen molar-refractivity contribution in [2.75, 3.05) is 27.2 Å². The molecule has 0 amide bonds. The molecule has 1 aliphatic rings. The molecule has 134 valence electrons. The minimum atomic E-state index is -3.41. The monoisotopic (exact) mass is 380 g/mol. The van der Waals surface area contributed by atoms with Gasteiger partial charge in [0.05, 0.1) is 17.6 Å². The van der Waals surface area contributed by atoms with Crippen molar-refractivity contribution in [3.05, 3.63) is 47.4 Å². The molecular formula is C17H21ClN4O2S. The van der Waals surface area contributed by atoms with Crippen LogP contribution in [0.1, 0.15) is 24.5 Å². The number of hydrogen-bond acceptors (Lipinski definition) is 4. The summed E-state index contributed by atoms with van der Waals surface area (Å²) in [7, 11) is -0.300. The Hall–Kier alpha value is -1.54. The minimum Gasteiger partial charge on any atom is -0.261 e. The molecule has 0 unspecified atom stereocenters. The van der Waals surface area contributed by atoms with Gasteiger partial charge in [-0.2, -0.15) is 17.0 Å². The summed E-state index contributed by atoms with van der Waals surface area (Å²) in [4.78, 5) is 9.02. The normalized spacial score (nSPS) is 19.3. The van der Waals surface area contributed by atoms with Gasteiger partial charge in [0.15, 0.2) is 0 Å². The fourth-order valence-corrected chi connectivity index (χ4v) is 4.37. The van der Waals surface area contributed by atoms with Gasteiger partial charge in [0.25, 0.3) is 10.2 Å². The highest BCUT2D eigenvalue weighted by Gasteiger charge is 2.31. The van der Waals surface area contributed by atoms with E-state index in [-0.39, 0.29) is 5.92 Å². The third-order valence-corrected chi connectivity index (χ3v) is 6.51. The van der Waals surface area contributed by atoms with E-state index >= 15 is 0 Å². The Labute approximate surface area is 153 Å². The number of aromatic nitrogens is 2. The predicted molar refractivity (Wildman–Crippen MR) is 98.6 cm³/mol. The third kappa shape index (κ3) is 4.00. The molecule has 1 aliphatic heterocycles. The Morgan fingerprint density at radius 2 is 2.08 bits per heavy atom. The Bertz CT molecular complexity index is 857. The van der Waals surface area contributed by atoms with Crippen molar-refractivity contribution in [1.29, 1.82) is 0 Å². The van der Waals surface area contributed by atoms with Crippen LogP contribution in [0, 0.1) is 0 Å². The second-order valence-corrected chi connectivity index (χ2v) is 8.91. The fourth-order valence-electron chi connectivity index (χ4n) is 2.99. The van der Waals surface area contributed by atoms with Crippen LogP contribution in [0.3, 0.4) is 0 Å². The third-order valence-electron chi connectivity index (χ3n) is 4.36. The van der Waals surface area contributed by atoms with Crippen molar-refractivity contribution >= 4 is 21.8 Å². The molecule has 0 bridgehead atoms. The molecule has 1 aromatic carbocycles. The van der Waals surface area contributed by atoms with Crippen molar-refractivity contribution in [3.8, 4) is 11.3 Å². The van der Waals surface area contributed by atoms with E-state index in [2.05, 4.69) is 4.98 Å². The average molecular weight is 381 g/mol. The standard InChI is InChI=1S/C17H21ClN4O2S/c1-21(2)25(23,24)22-8-4-6-14(12-22)17-11-19-10-16(20-17)13-5-3-7-15(18)9-13/h3,5,7,9-11,14H,4,6,8,12H2,1-2H3/t14-/m0/s1. The Morgan fingerprint density at radius 3 is 2.80 bits per heavy atom. The summed E-state index contributed by atoms with van der Waals surface area (Å²) in [5.41, 5.74) is 2.46. The molecule has 1 fully saturated rings. The van der Waals surface area contributed by atoms with E-state index in [0.29, 0.717) is 18.1 Å². The second-order valence-electron chi connectivity index (χ2n) is 6.33. The van der Waals surface area contributed by atoms with Gasteiger partial charge in [-0.1, -0.05) is 23.7 Å². The van der Waals surface area contributed by atoms with Gasteiger partial charge < -0.3 is 0 Å². The first-order valence-corrected chi connectivity index (χ1v) is 9.91. The molecule has 0 saturated carbocycles. The molecule has 6 nitrogen and oxygen atoms in total. The van der Waals surface area contributed by atoms with E-state index in [1.807, 2.05) is 24.3 Å². The zero-order chi connectivity index (χ0) is 18.0. The van der Waals surface area contributed by atoms with Crippen LogP contribution in [-0.2, 0) is 10.2 Å². The molecule has 0 N–H and O–H groups in total. The first-order chi connectivity index (χ1) is 11.9. The smallest absolute Gasteiger partial charge is 0.261 e. The van der Waals surface area contributed by atoms with Gasteiger partial charge in [0.2, 0.25) is 0 Å². The Morgan fingerprint density at radius 1 is 1.28 bits per heavy atom. The SMILES string of the molecule is CN(C)S(=O)(=O)N1CCC[C@H](c2cncc(-c3cccc(Cl)c3)n2)C1. The number of nitrogens with zero attached hydrogens (tertiary/aromatic N) is 4. The van der Waals surface area contributed by atoms with Gasteiger partial charge in [-0.3, -0.25) is 4.98 Å². The molecule has 1 atom stereocenters. The quantitative estimate of drug-likeness (QED) is 0.818. The van der Waals surface area contributed by atoms with Gasteiger partial charge in [-0.15, -0.1) is 0 Å². The lowest BCUT2D eigenvalue weighted by molar-refractivity contribution is 0.296. The summed E-state index contributed by atoms with van der Waals surface area (Å²) in [5.74, 6) is 0.0371. The van der Waals surface area contributed by atoms with Gasteiger partial charge in [-0.25, -0.2) is 4.98 Å². The fraction of sp³-hybridized carbons (Fsp3) is 0.412. The predicted octanol–water partition coefficient (Wildman–Crippen LogP) is 2.78. The molecule has 25 heavy (non-hydrogen) atoms. The zero-order valence-electron chi connectivity index (χ0n) is 14.3. The number of rotatable bonds is 4. The number of halogens is 1. The van der Waals surface area contributed by atoms with Crippen LogP contribution < -0.4 is 0 Å². The molecule has 2 heterocycles. The van der Waals surface area contributed by atoms with E-state index in [0.717, 1.165) is 29.8 Å². The summed E-state index contributed by atoms with van der Waals surface area (Å²) in [6, 6.07) is 7.47. The maximum atomic E-state index is 12.4. The highest BCUT2D eigenvalue weighted by atomic mass is 35.5. The van der Waals surface area contributed by atoms with E-state index in [9.17, 15) is 8.42 Å². The van der Waals surface area contributed by atoms with Crippen LogP contribution in [0.25, 0.3) is 11.3 Å². The van der Waals surface area contributed by atoms with Crippen LogP contribution >= 0.6 is 11.6 Å². The zero-order valence-corrected chi connectivity index (χ0v) is 15.8. The average Bonchev–Trinajstić information content (AvgIpc) is 2.62. The van der Waals surface area contributed by atoms with E-state index in [4.69, 9.17) is 16.6 Å². The molecule has 8 heteroatoms. The topological polar surface area (TPSA) is 66.4 Å². The first kappa shape index (κ1) is 18.3.